The molecule has 2 fully saturated rings. The first-order valence-corrected chi connectivity index (χ1v) is 6.52. The normalized spacial score (nSPS) is 33.0. The molecule has 0 aliphatic carbocycles. The molecule has 0 spiro atoms. The number of nitrogens with zero attached hydrogens (tertiary/aromatic N) is 1. The molecule has 0 aromatic rings. The molecule has 2 aliphatic rings. The summed E-state index contributed by atoms with van der Waals surface area (Å²) in [5.41, 5.74) is 0.00780. The average molecular weight is 226 g/mol. The third-order valence-electron chi connectivity index (χ3n) is 4.02. The van der Waals surface area contributed by atoms with Crippen molar-refractivity contribution >= 4 is 0 Å². The highest BCUT2D eigenvalue weighted by Crippen LogP contribution is 2.40. The van der Waals surface area contributed by atoms with E-state index in [0.717, 1.165) is 26.1 Å². The number of nitrogens with one attached hydrogen (secondary N) is 1. The molecule has 1 unspecified atom stereocenters. The zero-order chi connectivity index (χ0) is 12.0. The molecule has 0 radical (unpaired) electrons. The van der Waals surface area contributed by atoms with E-state index in [1.165, 1.54) is 0 Å². The SMILES string of the molecule is CCN(C1CNC1)C1CC(C)(C)OC1(C)C. The van der Waals surface area contributed by atoms with Gasteiger partial charge >= 0.3 is 0 Å². The monoisotopic (exact) mass is 226 g/mol. The highest BCUT2D eigenvalue weighted by atomic mass is 16.5. The van der Waals surface area contributed by atoms with Crippen LogP contribution in [0, 0.1) is 0 Å². The first-order valence-electron chi connectivity index (χ1n) is 6.52. The highest BCUT2D eigenvalue weighted by molar-refractivity contribution is 5.02. The van der Waals surface area contributed by atoms with Crippen molar-refractivity contribution in [2.24, 2.45) is 0 Å². The maximum absolute atomic E-state index is 6.19. The van der Waals surface area contributed by atoms with Gasteiger partial charge in [-0.15, -0.1) is 0 Å². The van der Waals surface area contributed by atoms with Crippen LogP contribution in [-0.2, 0) is 4.74 Å². The van der Waals surface area contributed by atoms with Crippen LogP contribution in [0.15, 0.2) is 0 Å². The smallest absolute Gasteiger partial charge is 0.0789 e. The van der Waals surface area contributed by atoms with E-state index >= 15 is 0 Å². The van der Waals surface area contributed by atoms with Gasteiger partial charge in [-0.1, -0.05) is 6.92 Å². The molecule has 16 heavy (non-hydrogen) atoms. The van der Waals surface area contributed by atoms with Gasteiger partial charge in [0.05, 0.1) is 11.2 Å². The molecule has 0 saturated carbocycles. The summed E-state index contributed by atoms with van der Waals surface area (Å²) in [6.45, 7) is 14.6. The van der Waals surface area contributed by atoms with Crippen molar-refractivity contribution in [1.82, 2.24) is 10.2 Å². The van der Waals surface area contributed by atoms with Crippen LogP contribution in [0.3, 0.4) is 0 Å². The molecule has 2 heterocycles. The highest BCUT2D eigenvalue weighted by Gasteiger charge is 2.49. The second-order valence-electron chi connectivity index (χ2n) is 6.33. The third-order valence-corrected chi connectivity index (χ3v) is 4.02. The molecule has 2 saturated heterocycles. The molecule has 1 atom stereocenters. The second kappa shape index (κ2) is 3.97. The topological polar surface area (TPSA) is 24.5 Å². The van der Waals surface area contributed by atoms with Crippen LogP contribution < -0.4 is 5.32 Å². The fourth-order valence-corrected chi connectivity index (χ4v) is 3.29. The Morgan fingerprint density at radius 3 is 2.19 bits per heavy atom. The third kappa shape index (κ3) is 2.13. The fourth-order valence-electron chi connectivity index (χ4n) is 3.29. The molecule has 0 bridgehead atoms. The van der Waals surface area contributed by atoms with Gasteiger partial charge in [-0.05, 0) is 40.7 Å². The molecule has 94 valence electrons. The molecule has 1 N–H and O–H groups in total. The summed E-state index contributed by atoms with van der Waals surface area (Å²) in [5.74, 6) is 0. The number of hydrogen-bond acceptors (Lipinski definition) is 3. The van der Waals surface area contributed by atoms with Crippen molar-refractivity contribution in [1.29, 1.82) is 0 Å². The predicted molar refractivity (Wildman–Crippen MR) is 66.7 cm³/mol. The lowest BCUT2D eigenvalue weighted by Gasteiger charge is -2.44. The number of ether oxygens (including phenoxy) is 1. The zero-order valence-electron chi connectivity index (χ0n) is 11.3. The van der Waals surface area contributed by atoms with Gasteiger partial charge in [0.15, 0.2) is 0 Å². The summed E-state index contributed by atoms with van der Waals surface area (Å²) in [4.78, 5) is 2.63. The van der Waals surface area contributed by atoms with Crippen LogP contribution >= 0.6 is 0 Å². The van der Waals surface area contributed by atoms with E-state index in [4.69, 9.17) is 4.74 Å². The molecular weight excluding hydrogens is 200 g/mol. The van der Waals surface area contributed by atoms with Gasteiger partial charge in [0.1, 0.15) is 0 Å². The number of rotatable bonds is 3. The Hall–Kier alpha value is -0.120. The molecule has 0 aromatic heterocycles. The van der Waals surface area contributed by atoms with Crippen molar-refractivity contribution in [3.8, 4) is 0 Å². The Labute approximate surface area is 99.5 Å². The molecule has 3 heteroatoms. The van der Waals surface area contributed by atoms with Crippen LogP contribution in [0.1, 0.15) is 41.0 Å². The Morgan fingerprint density at radius 2 is 1.88 bits per heavy atom. The van der Waals surface area contributed by atoms with Crippen LogP contribution in [0.5, 0.6) is 0 Å². The van der Waals surface area contributed by atoms with Crippen LogP contribution in [0.25, 0.3) is 0 Å². The van der Waals surface area contributed by atoms with Crippen molar-refractivity contribution in [2.45, 2.75) is 64.3 Å². The maximum atomic E-state index is 6.19. The first-order chi connectivity index (χ1) is 7.36. The van der Waals surface area contributed by atoms with Crippen molar-refractivity contribution in [3.05, 3.63) is 0 Å². The Kier molecular flexibility index (Phi) is 3.06. The fraction of sp³-hybridized carbons (Fsp3) is 1.00. The van der Waals surface area contributed by atoms with Gasteiger partial charge < -0.3 is 10.1 Å². The van der Waals surface area contributed by atoms with E-state index < -0.39 is 0 Å². The summed E-state index contributed by atoms with van der Waals surface area (Å²) >= 11 is 0. The van der Waals surface area contributed by atoms with Gasteiger partial charge in [0, 0.05) is 25.2 Å². The van der Waals surface area contributed by atoms with Crippen molar-refractivity contribution in [3.63, 3.8) is 0 Å². The van der Waals surface area contributed by atoms with E-state index in [9.17, 15) is 0 Å². The van der Waals surface area contributed by atoms with Gasteiger partial charge in [-0.25, -0.2) is 0 Å². The molecule has 2 aliphatic heterocycles. The predicted octanol–water partition coefficient (Wildman–Crippen LogP) is 1.63. The van der Waals surface area contributed by atoms with E-state index in [-0.39, 0.29) is 11.2 Å². The average Bonchev–Trinajstić information content (AvgIpc) is 2.26. The van der Waals surface area contributed by atoms with Gasteiger partial charge in [-0.2, -0.15) is 0 Å². The summed E-state index contributed by atoms with van der Waals surface area (Å²) in [7, 11) is 0. The van der Waals surface area contributed by atoms with Crippen molar-refractivity contribution < 1.29 is 4.74 Å². The maximum Gasteiger partial charge on any atom is 0.0789 e. The lowest BCUT2D eigenvalue weighted by molar-refractivity contribution is -0.0856. The molecule has 2 rings (SSSR count). The number of hydrogen-bond donors (Lipinski definition) is 1. The van der Waals surface area contributed by atoms with Crippen LogP contribution in [-0.4, -0.2) is 47.8 Å². The Balaban J connectivity index is 2.12. The Bertz CT molecular complexity index is 259. The minimum Gasteiger partial charge on any atom is -0.368 e. The van der Waals surface area contributed by atoms with E-state index in [2.05, 4.69) is 44.8 Å². The largest absolute Gasteiger partial charge is 0.368 e. The van der Waals surface area contributed by atoms with Gasteiger partial charge in [0.25, 0.3) is 0 Å². The van der Waals surface area contributed by atoms with Gasteiger partial charge in [-0.3, -0.25) is 4.90 Å². The summed E-state index contributed by atoms with van der Waals surface area (Å²) < 4.78 is 6.19. The lowest BCUT2D eigenvalue weighted by Crippen LogP contribution is -2.62. The van der Waals surface area contributed by atoms with Crippen molar-refractivity contribution in [2.75, 3.05) is 19.6 Å². The quantitative estimate of drug-likeness (QED) is 0.791. The number of likely N-dealkylation sites (N-methyl/N-ethyl adjacent to an activating group) is 1. The molecule has 0 aromatic carbocycles. The van der Waals surface area contributed by atoms with Crippen LogP contribution in [0.2, 0.25) is 0 Å². The molecule has 0 amide bonds. The second-order valence-corrected chi connectivity index (χ2v) is 6.33. The standard InChI is InChI=1S/C13H26N2O/c1-6-15(10-8-14-9-10)11-7-12(2,3)16-13(11,4)5/h10-11,14H,6-9H2,1-5H3. The van der Waals surface area contributed by atoms with E-state index in [0.29, 0.717) is 12.1 Å². The van der Waals surface area contributed by atoms with Crippen LogP contribution in [0.4, 0.5) is 0 Å². The molecular formula is C13H26N2O. The zero-order valence-corrected chi connectivity index (χ0v) is 11.3. The lowest BCUT2D eigenvalue weighted by atomic mass is 9.91. The van der Waals surface area contributed by atoms with Gasteiger partial charge in [0.2, 0.25) is 0 Å². The Morgan fingerprint density at radius 1 is 1.25 bits per heavy atom. The molecule has 3 nitrogen and oxygen atoms in total. The summed E-state index contributed by atoms with van der Waals surface area (Å²) in [6, 6.07) is 1.27. The first kappa shape index (κ1) is 12.3. The minimum atomic E-state index is -0.0188. The summed E-state index contributed by atoms with van der Waals surface area (Å²) in [5, 5.41) is 3.37. The van der Waals surface area contributed by atoms with E-state index in [1.54, 1.807) is 0 Å². The minimum absolute atomic E-state index is 0.0188. The van der Waals surface area contributed by atoms with E-state index in [1.807, 2.05) is 0 Å². The summed E-state index contributed by atoms with van der Waals surface area (Å²) in [6.07, 6.45) is 1.14.